The van der Waals surface area contributed by atoms with Crippen LogP contribution >= 0.6 is 11.6 Å². The van der Waals surface area contributed by atoms with E-state index in [2.05, 4.69) is 10.1 Å². The fourth-order valence-corrected chi connectivity index (χ4v) is 2.01. The third kappa shape index (κ3) is 4.07. The summed E-state index contributed by atoms with van der Waals surface area (Å²) in [5.74, 6) is -0.579. The van der Waals surface area contributed by atoms with Crippen LogP contribution in [0.3, 0.4) is 0 Å². The molecule has 1 N–H and O–H groups in total. The number of halogens is 1. The molecule has 21 heavy (non-hydrogen) atoms. The van der Waals surface area contributed by atoms with E-state index in [0.29, 0.717) is 16.3 Å². The molecule has 1 amide bonds. The van der Waals surface area contributed by atoms with Gasteiger partial charge >= 0.3 is 5.97 Å². The van der Waals surface area contributed by atoms with Gasteiger partial charge in [0, 0.05) is 5.69 Å². The first-order valence-corrected chi connectivity index (χ1v) is 6.69. The molecule has 2 aromatic carbocycles. The number of esters is 1. The molecule has 0 saturated heterocycles. The van der Waals surface area contributed by atoms with E-state index in [1.54, 1.807) is 48.5 Å². The molecule has 0 radical (unpaired) electrons. The van der Waals surface area contributed by atoms with Gasteiger partial charge in [0.1, 0.15) is 0 Å². The molecule has 0 aliphatic carbocycles. The number of hydrogen-bond donors (Lipinski definition) is 1. The van der Waals surface area contributed by atoms with Crippen molar-refractivity contribution in [3.05, 3.63) is 64.7 Å². The van der Waals surface area contributed by atoms with Gasteiger partial charge in [-0.3, -0.25) is 9.59 Å². The topological polar surface area (TPSA) is 55.4 Å². The maximum Gasteiger partial charge on any atom is 0.309 e. The third-order valence-corrected chi connectivity index (χ3v) is 3.24. The number of methoxy groups -OCH3 is 1. The van der Waals surface area contributed by atoms with Crippen molar-refractivity contribution in [1.29, 1.82) is 0 Å². The van der Waals surface area contributed by atoms with Crippen molar-refractivity contribution in [3.8, 4) is 0 Å². The molecule has 0 atom stereocenters. The Kier molecular flexibility index (Phi) is 4.95. The van der Waals surface area contributed by atoms with E-state index in [1.807, 2.05) is 0 Å². The van der Waals surface area contributed by atoms with Crippen LogP contribution in [0, 0.1) is 0 Å². The van der Waals surface area contributed by atoms with Gasteiger partial charge in [-0.05, 0) is 29.8 Å². The fourth-order valence-electron chi connectivity index (χ4n) is 1.79. The van der Waals surface area contributed by atoms with Crippen molar-refractivity contribution in [1.82, 2.24) is 0 Å². The second kappa shape index (κ2) is 6.90. The molecule has 0 aromatic heterocycles. The van der Waals surface area contributed by atoms with E-state index in [9.17, 15) is 9.59 Å². The van der Waals surface area contributed by atoms with Crippen LogP contribution in [0.2, 0.25) is 5.02 Å². The van der Waals surface area contributed by atoms with Gasteiger partial charge in [0.2, 0.25) is 0 Å². The predicted octanol–water partition coefficient (Wildman–Crippen LogP) is 3.31. The zero-order valence-electron chi connectivity index (χ0n) is 11.4. The van der Waals surface area contributed by atoms with Crippen LogP contribution in [-0.4, -0.2) is 19.0 Å². The molecule has 4 nitrogen and oxygen atoms in total. The lowest BCUT2D eigenvalue weighted by atomic mass is 10.1. The number of rotatable bonds is 4. The maximum absolute atomic E-state index is 12.1. The molecule has 0 spiro atoms. The summed E-state index contributed by atoms with van der Waals surface area (Å²) < 4.78 is 4.60. The van der Waals surface area contributed by atoms with Gasteiger partial charge in [0.15, 0.2) is 0 Å². The summed E-state index contributed by atoms with van der Waals surface area (Å²) in [6.45, 7) is 0. The van der Waals surface area contributed by atoms with E-state index >= 15 is 0 Å². The first-order valence-electron chi connectivity index (χ1n) is 6.32. The zero-order valence-corrected chi connectivity index (χ0v) is 12.2. The minimum atomic E-state index is -0.303. The van der Waals surface area contributed by atoms with Crippen molar-refractivity contribution in [2.24, 2.45) is 0 Å². The molecule has 0 heterocycles. The van der Waals surface area contributed by atoms with Crippen molar-refractivity contribution in [2.45, 2.75) is 6.42 Å². The molecule has 0 fully saturated rings. The standard InChI is InChI=1S/C16H14ClNO3/c1-21-15(19)10-11-6-8-12(9-7-11)18-16(20)13-4-2-3-5-14(13)17/h2-9H,10H2,1H3,(H,18,20). The van der Waals surface area contributed by atoms with Crippen LogP contribution < -0.4 is 5.32 Å². The van der Waals surface area contributed by atoms with Gasteiger partial charge in [0.25, 0.3) is 5.91 Å². The molecule has 5 heteroatoms. The fraction of sp³-hybridized carbons (Fsp3) is 0.125. The Morgan fingerprint density at radius 1 is 1.10 bits per heavy atom. The lowest BCUT2D eigenvalue weighted by Crippen LogP contribution is -2.12. The number of amides is 1. The van der Waals surface area contributed by atoms with Gasteiger partial charge in [-0.15, -0.1) is 0 Å². The Morgan fingerprint density at radius 3 is 2.38 bits per heavy atom. The number of ether oxygens (including phenoxy) is 1. The quantitative estimate of drug-likeness (QED) is 0.882. The molecule has 0 unspecified atom stereocenters. The Hall–Kier alpha value is -2.33. The molecule has 0 aliphatic heterocycles. The number of anilines is 1. The summed E-state index contributed by atoms with van der Waals surface area (Å²) in [6, 6.07) is 13.8. The van der Waals surface area contributed by atoms with Crippen molar-refractivity contribution in [3.63, 3.8) is 0 Å². The van der Waals surface area contributed by atoms with E-state index in [1.165, 1.54) is 7.11 Å². The summed E-state index contributed by atoms with van der Waals surface area (Å²) in [7, 11) is 1.35. The molecule has 0 bridgehead atoms. The third-order valence-electron chi connectivity index (χ3n) is 2.91. The lowest BCUT2D eigenvalue weighted by molar-refractivity contribution is -0.139. The van der Waals surface area contributed by atoms with E-state index < -0.39 is 0 Å². The highest BCUT2D eigenvalue weighted by Crippen LogP contribution is 2.17. The predicted molar refractivity (Wildman–Crippen MR) is 81.6 cm³/mol. The number of carbonyl (C=O) groups is 2. The highest BCUT2D eigenvalue weighted by molar-refractivity contribution is 6.34. The monoisotopic (exact) mass is 303 g/mol. The van der Waals surface area contributed by atoms with Crippen LogP contribution in [0.25, 0.3) is 0 Å². The SMILES string of the molecule is COC(=O)Cc1ccc(NC(=O)c2ccccc2Cl)cc1. The highest BCUT2D eigenvalue weighted by Gasteiger charge is 2.10. The first kappa shape index (κ1) is 15.1. The highest BCUT2D eigenvalue weighted by atomic mass is 35.5. The number of benzene rings is 2. The van der Waals surface area contributed by atoms with Crippen LogP contribution in [-0.2, 0) is 16.0 Å². The second-order valence-electron chi connectivity index (χ2n) is 4.38. The van der Waals surface area contributed by atoms with Crippen molar-refractivity contribution >= 4 is 29.2 Å². The van der Waals surface area contributed by atoms with Crippen LogP contribution in [0.4, 0.5) is 5.69 Å². The van der Waals surface area contributed by atoms with Gasteiger partial charge < -0.3 is 10.1 Å². The van der Waals surface area contributed by atoms with Gasteiger partial charge in [-0.1, -0.05) is 35.9 Å². The number of hydrogen-bond acceptors (Lipinski definition) is 3. The molecule has 108 valence electrons. The maximum atomic E-state index is 12.1. The molecule has 2 rings (SSSR count). The van der Waals surface area contributed by atoms with Gasteiger partial charge in [0.05, 0.1) is 24.1 Å². The Labute approximate surface area is 127 Å². The molecular formula is C16H14ClNO3. The first-order chi connectivity index (χ1) is 10.1. The number of carbonyl (C=O) groups excluding carboxylic acids is 2. The Morgan fingerprint density at radius 2 is 1.76 bits per heavy atom. The minimum Gasteiger partial charge on any atom is -0.469 e. The number of nitrogens with one attached hydrogen (secondary N) is 1. The van der Waals surface area contributed by atoms with Crippen molar-refractivity contribution < 1.29 is 14.3 Å². The van der Waals surface area contributed by atoms with E-state index in [-0.39, 0.29) is 18.3 Å². The smallest absolute Gasteiger partial charge is 0.309 e. The molecular weight excluding hydrogens is 290 g/mol. The summed E-state index contributed by atoms with van der Waals surface area (Å²) >= 11 is 5.97. The Balaban J connectivity index is 2.05. The molecule has 0 saturated carbocycles. The largest absolute Gasteiger partial charge is 0.469 e. The lowest BCUT2D eigenvalue weighted by Gasteiger charge is -2.07. The zero-order chi connectivity index (χ0) is 15.2. The Bertz CT molecular complexity index is 653. The van der Waals surface area contributed by atoms with Gasteiger partial charge in [-0.2, -0.15) is 0 Å². The van der Waals surface area contributed by atoms with Crippen LogP contribution in [0.15, 0.2) is 48.5 Å². The average molecular weight is 304 g/mol. The molecule has 2 aromatic rings. The average Bonchev–Trinajstić information content (AvgIpc) is 2.49. The van der Waals surface area contributed by atoms with E-state index in [4.69, 9.17) is 11.6 Å². The minimum absolute atomic E-state index is 0.204. The van der Waals surface area contributed by atoms with Gasteiger partial charge in [-0.25, -0.2) is 0 Å². The van der Waals surface area contributed by atoms with Crippen LogP contribution in [0.1, 0.15) is 15.9 Å². The summed E-state index contributed by atoms with van der Waals surface area (Å²) in [4.78, 5) is 23.2. The summed E-state index contributed by atoms with van der Waals surface area (Å²) in [6.07, 6.45) is 0.204. The van der Waals surface area contributed by atoms with E-state index in [0.717, 1.165) is 5.56 Å². The van der Waals surface area contributed by atoms with Crippen LogP contribution in [0.5, 0.6) is 0 Å². The summed E-state index contributed by atoms with van der Waals surface area (Å²) in [5, 5.41) is 3.15. The van der Waals surface area contributed by atoms with Crippen molar-refractivity contribution in [2.75, 3.05) is 12.4 Å². The normalized spacial score (nSPS) is 10.0. The molecule has 0 aliphatic rings. The second-order valence-corrected chi connectivity index (χ2v) is 4.79. The summed E-state index contributed by atoms with van der Waals surface area (Å²) in [5.41, 5.74) is 1.86.